The Balaban J connectivity index is 2.00. The Labute approximate surface area is 121 Å². The second kappa shape index (κ2) is 6.51. The lowest BCUT2D eigenvalue weighted by Gasteiger charge is -2.36. The van der Waals surface area contributed by atoms with Gasteiger partial charge in [0, 0.05) is 12.6 Å². The third-order valence-corrected chi connectivity index (χ3v) is 3.98. The van der Waals surface area contributed by atoms with Gasteiger partial charge in [-0.2, -0.15) is 5.10 Å². The maximum absolute atomic E-state index is 12.0. The molecule has 114 valence electrons. The molecule has 0 aliphatic heterocycles. The highest BCUT2D eigenvalue weighted by atomic mass is 16.4. The average Bonchev–Trinajstić information content (AvgIpc) is 2.46. The van der Waals surface area contributed by atoms with E-state index < -0.39 is 11.9 Å². The molecular weight excluding hydrogens is 274 g/mol. The van der Waals surface area contributed by atoms with Gasteiger partial charge >= 0.3 is 5.97 Å². The molecule has 0 atom stereocenters. The van der Waals surface area contributed by atoms with Gasteiger partial charge in [-0.1, -0.05) is 19.3 Å². The number of carboxylic acid groups (broad SMARTS) is 1. The standard InChI is InChI=1S/C14H19N3O4/c18-11-5-4-10(16-17-11)13(21)15-9-14(8-12(19)20)6-2-1-3-7-14/h4-5H,1-3,6-9H2,(H,15,21)(H,17,18)(H,19,20). The fourth-order valence-corrected chi connectivity index (χ4v) is 2.87. The molecule has 0 saturated heterocycles. The minimum atomic E-state index is -0.840. The van der Waals surface area contributed by atoms with Crippen molar-refractivity contribution < 1.29 is 14.7 Å². The fraction of sp³-hybridized carbons (Fsp3) is 0.571. The molecule has 0 aromatic carbocycles. The topological polar surface area (TPSA) is 112 Å². The third kappa shape index (κ3) is 4.14. The smallest absolute Gasteiger partial charge is 0.303 e. The number of hydrogen-bond donors (Lipinski definition) is 3. The van der Waals surface area contributed by atoms with Crippen molar-refractivity contribution in [3.63, 3.8) is 0 Å². The van der Waals surface area contributed by atoms with Gasteiger partial charge in [-0.15, -0.1) is 0 Å². The van der Waals surface area contributed by atoms with Gasteiger partial charge in [-0.3, -0.25) is 14.4 Å². The number of amides is 1. The summed E-state index contributed by atoms with van der Waals surface area (Å²) in [5.74, 6) is -1.24. The van der Waals surface area contributed by atoms with Gasteiger partial charge in [0.15, 0.2) is 0 Å². The third-order valence-electron chi connectivity index (χ3n) is 3.98. The molecule has 1 fully saturated rings. The highest BCUT2D eigenvalue weighted by molar-refractivity contribution is 5.92. The van der Waals surface area contributed by atoms with Crippen LogP contribution in [-0.2, 0) is 4.79 Å². The number of nitrogens with zero attached hydrogens (tertiary/aromatic N) is 1. The molecule has 2 rings (SSSR count). The largest absolute Gasteiger partial charge is 0.481 e. The first-order valence-corrected chi connectivity index (χ1v) is 7.07. The van der Waals surface area contributed by atoms with Crippen LogP contribution in [0, 0.1) is 5.41 Å². The summed E-state index contributed by atoms with van der Waals surface area (Å²) in [5.41, 5.74) is -0.626. The van der Waals surface area contributed by atoms with Gasteiger partial charge in [-0.05, 0) is 24.3 Å². The Bertz CT molecular complexity index is 555. The molecule has 1 aromatic rings. The number of aliphatic carboxylic acids is 1. The van der Waals surface area contributed by atoms with E-state index in [0.717, 1.165) is 32.1 Å². The molecule has 1 amide bonds. The van der Waals surface area contributed by atoms with E-state index in [0.29, 0.717) is 6.54 Å². The maximum Gasteiger partial charge on any atom is 0.303 e. The molecule has 1 heterocycles. The van der Waals surface area contributed by atoms with E-state index in [2.05, 4.69) is 15.5 Å². The number of H-pyrrole nitrogens is 1. The van der Waals surface area contributed by atoms with Crippen LogP contribution < -0.4 is 10.9 Å². The molecule has 1 saturated carbocycles. The molecule has 3 N–H and O–H groups in total. The van der Waals surface area contributed by atoms with Crippen LogP contribution in [0.5, 0.6) is 0 Å². The van der Waals surface area contributed by atoms with Crippen LogP contribution in [0.15, 0.2) is 16.9 Å². The van der Waals surface area contributed by atoms with Crippen LogP contribution in [-0.4, -0.2) is 33.7 Å². The molecule has 1 aliphatic carbocycles. The van der Waals surface area contributed by atoms with E-state index >= 15 is 0 Å². The molecule has 1 aromatic heterocycles. The Morgan fingerprint density at radius 2 is 2.00 bits per heavy atom. The highest BCUT2D eigenvalue weighted by Gasteiger charge is 2.34. The zero-order valence-corrected chi connectivity index (χ0v) is 11.7. The van der Waals surface area contributed by atoms with E-state index in [1.165, 1.54) is 12.1 Å². The van der Waals surface area contributed by atoms with Crippen molar-refractivity contribution in [2.45, 2.75) is 38.5 Å². The first-order valence-electron chi connectivity index (χ1n) is 7.07. The maximum atomic E-state index is 12.0. The Kier molecular flexibility index (Phi) is 4.72. The lowest BCUT2D eigenvalue weighted by atomic mass is 9.71. The Hall–Kier alpha value is -2.18. The molecule has 0 unspecified atom stereocenters. The van der Waals surface area contributed by atoms with Gasteiger partial charge in [0.2, 0.25) is 0 Å². The molecule has 7 heteroatoms. The van der Waals surface area contributed by atoms with E-state index in [9.17, 15) is 14.4 Å². The Morgan fingerprint density at radius 3 is 2.57 bits per heavy atom. The predicted molar refractivity (Wildman–Crippen MR) is 75.0 cm³/mol. The van der Waals surface area contributed by atoms with Crippen LogP contribution >= 0.6 is 0 Å². The van der Waals surface area contributed by atoms with Gasteiger partial charge < -0.3 is 10.4 Å². The number of aromatic nitrogens is 2. The number of carbonyl (C=O) groups is 2. The molecule has 1 aliphatic rings. The predicted octanol–water partition coefficient (Wildman–Crippen LogP) is 0.925. The normalized spacial score (nSPS) is 17.1. The van der Waals surface area contributed by atoms with Crippen LogP contribution in [0.3, 0.4) is 0 Å². The van der Waals surface area contributed by atoms with Crippen molar-refractivity contribution in [3.05, 3.63) is 28.2 Å². The zero-order chi connectivity index (χ0) is 15.3. The minimum absolute atomic E-state index is 0.0618. The SMILES string of the molecule is O=C(O)CC1(CNC(=O)c2ccc(=O)[nH]n2)CCCCC1. The number of aromatic amines is 1. The van der Waals surface area contributed by atoms with Crippen molar-refractivity contribution in [3.8, 4) is 0 Å². The van der Waals surface area contributed by atoms with Crippen molar-refractivity contribution in [1.29, 1.82) is 0 Å². The summed E-state index contributed by atoms with van der Waals surface area (Å²) in [6.07, 6.45) is 4.75. The van der Waals surface area contributed by atoms with E-state index in [1.807, 2.05) is 0 Å². The number of nitrogens with one attached hydrogen (secondary N) is 2. The highest BCUT2D eigenvalue weighted by Crippen LogP contribution is 2.38. The monoisotopic (exact) mass is 293 g/mol. The summed E-state index contributed by atoms with van der Waals surface area (Å²) in [6.45, 7) is 0.318. The van der Waals surface area contributed by atoms with Crippen molar-refractivity contribution in [1.82, 2.24) is 15.5 Å². The lowest BCUT2D eigenvalue weighted by Crippen LogP contribution is -2.40. The molecule has 0 radical (unpaired) electrons. The summed E-state index contributed by atoms with van der Waals surface area (Å²) in [4.78, 5) is 34.0. The van der Waals surface area contributed by atoms with Gasteiger partial charge in [0.05, 0.1) is 6.42 Å². The summed E-state index contributed by atoms with van der Waals surface area (Å²) in [6, 6.07) is 2.58. The van der Waals surface area contributed by atoms with Gasteiger partial charge in [0.1, 0.15) is 5.69 Å². The molecule has 21 heavy (non-hydrogen) atoms. The van der Waals surface area contributed by atoms with Crippen molar-refractivity contribution in [2.24, 2.45) is 5.41 Å². The first-order chi connectivity index (χ1) is 10.0. The Morgan fingerprint density at radius 1 is 1.29 bits per heavy atom. The first kappa shape index (κ1) is 15.2. The van der Waals surface area contributed by atoms with E-state index in [4.69, 9.17) is 5.11 Å². The second-order valence-electron chi connectivity index (χ2n) is 5.62. The van der Waals surface area contributed by atoms with Crippen LogP contribution in [0.2, 0.25) is 0 Å². The van der Waals surface area contributed by atoms with Crippen molar-refractivity contribution >= 4 is 11.9 Å². The molecule has 0 bridgehead atoms. The van der Waals surface area contributed by atoms with Crippen LogP contribution in [0.25, 0.3) is 0 Å². The number of carbonyl (C=O) groups excluding carboxylic acids is 1. The zero-order valence-electron chi connectivity index (χ0n) is 11.7. The summed E-state index contributed by atoms with van der Waals surface area (Å²) in [7, 11) is 0. The number of hydrogen-bond acceptors (Lipinski definition) is 4. The van der Waals surface area contributed by atoms with E-state index in [-0.39, 0.29) is 23.1 Å². The van der Waals surface area contributed by atoms with Gasteiger partial charge in [-0.25, -0.2) is 5.10 Å². The van der Waals surface area contributed by atoms with Crippen LogP contribution in [0.4, 0.5) is 0 Å². The summed E-state index contributed by atoms with van der Waals surface area (Å²) in [5, 5.41) is 17.7. The van der Waals surface area contributed by atoms with Crippen LogP contribution in [0.1, 0.15) is 49.0 Å². The number of carboxylic acids is 1. The lowest BCUT2D eigenvalue weighted by molar-refractivity contribution is -0.140. The summed E-state index contributed by atoms with van der Waals surface area (Å²) < 4.78 is 0. The molecule has 0 spiro atoms. The van der Waals surface area contributed by atoms with Crippen molar-refractivity contribution in [2.75, 3.05) is 6.54 Å². The molecular formula is C14H19N3O4. The fourth-order valence-electron chi connectivity index (χ4n) is 2.87. The second-order valence-corrected chi connectivity index (χ2v) is 5.62. The van der Waals surface area contributed by atoms with Gasteiger partial charge in [0.25, 0.3) is 11.5 Å². The average molecular weight is 293 g/mol. The molecule has 7 nitrogen and oxygen atoms in total. The minimum Gasteiger partial charge on any atom is -0.481 e. The van der Waals surface area contributed by atoms with E-state index in [1.54, 1.807) is 0 Å². The quantitative estimate of drug-likeness (QED) is 0.747. The number of rotatable bonds is 5. The summed E-state index contributed by atoms with van der Waals surface area (Å²) >= 11 is 0.